The van der Waals surface area contributed by atoms with Gasteiger partial charge in [0.1, 0.15) is 0 Å². The molecule has 0 radical (unpaired) electrons. The van der Waals surface area contributed by atoms with Crippen molar-refractivity contribution in [3.05, 3.63) is 0 Å². The lowest BCUT2D eigenvalue weighted by Gasteiger charge is -2.19. The van der Waals surface area contributed by atoms with Crippen LogP contribution in [0.5, 0.6) is 0 Å². The maximum Gasteiger partial charge on any atom is 0.186 e. The fourth-order valence-electron chi connectivity index (χ4n) is 0.368. The molecule has 0 bridgehead atoms. The SMILES string of the molecule is CCCOC(C)(O)CO. The molecule has 3 nitrogen and oxygen atoms in total. The summed E-state index contributed by atoms with van der Waals surface area (Å²) >= 11 is 0. The van der Waals surface area contributed by atoms with Gasteiger partial charge in [-0.25, -0.2) is 0 Å². The third kappa shape index (κ3) is 4.39. The Bertz CT molecular complexity index is 70.7. The molecule has 0 aromatic heterocycles. The van der Waals surface area contributed by atoms with Crippen LogP contribution in [0.3, 0.4) is 0 Å². The van der Waals surface area contributed by atoms with E-state index in [-0.39, 0.29) is 6.61 Å². The van der Waals surface area contributed by atoms with Crippen molar-refractivity contribution in [2.45, 2.75) is 26.1 Å². The first-order valence-corrected chi connectivity index (χ1v) is 3.09. The second-order valence-electron chi connectivity index (χ2n) is 2.18. The van der Waals surface area contributed by atoms with E-state index in [1.807, 2.05) is 6.92 Å². The Morgan fingerprint density at radius 2 is 2.11 bits per heavy atom. The van der Waals surface area contributed by atoms with E-state index in [0.717, 1.165) is 6.42 Å². The summed E-state index contributed by atoms with van der Waals surface area (Å²) in [5, 5.41) is 17.4. The monoisotopic (exact) mass is 134 g/mol. The second kappa shape index (κ2) is 3.82. The first-order valence-electron chi connectivity index (χ1n) is 3.09. The van der Waals surface area contributed by atoms with Gasteiger partial charge >= 0.3 is 0 Å². The highest BCUT2D eigenvalue weighted by molar-refractivity contribution is 4.54. The molecule has 0 spiro atoms. The molecule has 1 unspecified atom stereocenters. The van der Waals surface area contributed by atoms with Gasteiger partial charge in [0.15, 0.2) is 5.79 Å². The summed E-state index contributed by atoms with van der Waals surface area (Å²) in [6, 6.07) is 0. The Labute approximate surface area is 55.3 Å². The van der Waals surface area contributed by atoms with Crippen molar-refractivity contribution in [1.82, 2.24) is 0 Å². The fraction of sp³-hybridized carbons (Fsp3) is 1.00. The molecule has 0 aliphatic heterocycles. The molecule has 0 fully saturated rings. The molecule has 0 aliphatic carbocycles. The first kappa shape index (κ1) is 8.88. The zero-order valence-electron chi connectivity index (χ0n) is 5.92. The van der Waals surface area contributed by atoms with E-state index in [1.54, 1.807) is 0 Å². The predicted molar refractivity (Wildman–Crippen MR) is 34.0 cm³/mol. The minimum Gasteiger partial charge on any atom is -0.391 e. The van der Waals surface area contributed by atoms with Crippen LogP contribution in [0.15, 0.2) is 0 Å². The number of ether oxygens (including phenoxy) is 1. The quantitative estimate of drug-likeness (QED) is 0.537. The van der Waals surface area contributed by atoms with Crippen molar-refractivity contribution in [1.29, 1.82) is 0 Å². The topological polar surface area (TPSA) is 49.7 Å². The summed E-state index contributed by atoms with van der Waals surface area (Å²) < 4.78 is 4.83. The van der Waals surface area contributed by atoms with Crippen LogP contribution in [0.25, 0.3) is 0 Å². The van der Waals surface area contributed by atoms with Crippen molar-refractivity contribution >= 4 is 0 Å². The second-order valence-corrected chi connectivity index (χ2v) is 2.18. The third-order valence-electron chi connectivity index (χ3n) is 0.911. The Kier molecular flexibility index (Phi) is 3.77. The third-order valence-corrected chi connectivity index (χ3v) is 0.911. The molecule has 56 valence electrons. The Morgan fingerprint density at radius 1 is 1.56 bits per heavy atom. The molecule has 0 rings (SSSR count). The van der Waals surface area contributed by atoms with E-state index in [4.69, 9.17) is 14.9 Å². The van der Waals surface area contributed by atoms with Crippen LogP contribution in [-0.4, -0.2) is 29.2 Å². The van der Waals surface area contributed by atoms with Crippen LogP contribution in [0, 0.1) is 0 Å². The van der Waals surface area contributed by atoms with E-state index >= 15 is 0 Å². The molecule has 1 atom stereocenters. The molecule has 3 heteroatoms. The van der Waals surface area contributed by atoms with E-state index in [2.05, 4.69) is 0 Å². The number of hydrogen-bond donors (Lipinski definition) is 2. The number of aliphatic hydroxyl groups is 2. The largest absolute Gasteiger partial charge is 0.391 e. The van der Waals surface area contributed by atoms with Gasteiger partial charge in [-0.3, -0.25) is 0 Å². The maximum absolute atomic E-state index is 8.98. The fourth-order valence-corrected chi connectivity index (χ4v) is 0.368. The minimum atomic E-state index is -1.35. The summed E-state index contributed by atoms with van der Waals surface area (Å²) in [6.45, 7) is 3.50. The van der Waals surface area contributed by atoms with Crippen LogP contribution < -0.4 is 0 Å². The van der Waals surface area contributed by atoms with E-state index in [1.165, 1.54) is 6.92 Å². The van der Waals surface area contributed by atoms with Gasteiger partial charge in [0.25, 0.3) is 0 Å². The van der Waals surface area contributed by atoms with Crippen molar-refractivity contribution in [3.8, 4) is 0 Å². The molecule has 0 heterocycles. The number of rotatable bonds is 4. The van der Waals surface area contributed by atoms with Gasteiger partial charge in [-0.05, 0) is 13.3 Å². The number of aliphatic hydroxyl groups excluding tert-OH is 1. The summed E-state index contributed by atoms with van der Waals surface area (Å²) in [7, 11) is 0. The molecule has 0 aromatic carbocycles. The average molecular weight is 134 g/mol. The highest BCUT2D eigenvalue weighted by Gasteiger charge is 2.17. The molecule has 0 saturated heterocycles. The van der Waals surface area contributed by atoms with Gasteiger partial charge in [-0.1, -0.05) is 6.92 Å². The Balaban J connectivity index is 3.33. The molecule has 0 aromatic rings. The van der Waals surface area contributed by atoms with Crippen LogP contribution in [0.4, 0.5) is 0 Å². The number of hydrogen-bond acceptors (Lipinski definition) is 3. The van der Waals surface area contributed by atoms with Crippen LogP contribution >= 0.6 is 0 Å². The molecule has 2 N–H and O–H groups in total. The maximum atomic E-state index is 8.98. The highest BCUT2D eigenvalue weighted by Crippen LogP contribution is 2.03. The lowest BCUT2D eigenvalue weighted by molar-refractivity contribution is -0.210. The summed E-state index contributed by atoms with van der Waals surface area (Å²) in [5.41, 5.74) is 0. The van der Waals surface area contributed by atoms with Crippen LogP contribution in [0.1, 0.15) is 20.3 Å². The van der Waals surface area contributed by atoms with Crippen molar-refractivity contribution < 1.29 is 14.9 Å². The lowest BCUT2D eigenvalue weighted by atomic mass is 10.3. The van der Waals surface area contributed by atoms with Gasteiger partial charge in [-0.15, -0.1) is 0 Å². The van der Waals surface area contributed by atoms with Crippen LogP contribution in [-0.2, 0) is 4.74 Å². The lowest BCUT2D eigenvalue weighted by Crippen LogP contribution is -2.32. The molecule has 9 heavy (non-hydrogen) atoms. The summed E-state index contributed by atoms with van der Waals surface area (Å²) in [4.78, 5) is 0. The smallest absolute Gasteiger partial charge is 0.186 e. The van der Waals surface area contributed by atoms with E-state index in [9.17, 15) is 0 Å². The highest BCUT2D eigenvalue weighted by atomic mass is 16.6. The summed E-state index contributed by atoms with van der Waals surface area (Å²) in [6.07, 6.45) is 0.843. The van der Waals surface area contributed by atoms with Gasteiger partial charge in [0, 0.05) is 6.61 Å². The van der Waals surface area contributed by atoms with Crippen molar-refractivity contribution in [2.24, 2.45) is 0 Å². The predicted octanol–water partition coefficient (Wildman–Crippen LogP) is 0.114. The van der Waals surface area contributed by atoms with Crippen molar-refractivity contribution in [3.63, 3.8) is 0 Å². The van der Waals surface area contributed by atoms with Gasteiger partial charge in [0.05, 0.1) is 6.61 Å². The first-order chi connectivity index (χ1) is 4.12. The Morgan fingerprint density at radius 3 is 2.44 bits per heavy atom. The van der Waals surface area contributed by atoms with Crippen molar-refractivity contribution in [2.75, 3.05) is 13.2 Å². The molecular weight excluding hydrogens is 120 g/mol. The van der Waals surface area contributed by atoms with Crippen LogP contribution in [0.2, 0.25) is 0 Å². The molecule has 0 saturated carbocycles. The van der Waals surface area contributed by atoms with E-state index < -0.39 is 5.79 Å². The van der Waals surface area contributed by atoms with E-state index in [0.29, 0.717) is 6.61 Å². The Hall–Kier alpha value is -0.120. The zero-order valence-corrected chi connectivity index (χ0v) is 5.92. The standard InChI is InChI=1S/C6H14O3/c1-3-4-9-6(2,8)5-7/h7-8H,3-5H2,1-2H3. The zero-order chi connectivity index (χ0) is 7.33. The average Bonchev–Trinajstić information content (AvgIpc) is 1.84. The molecule has 0 aliphatic rings. The normalized spacial score (nSPS) is 17.3. The molecular formula is C6H14O3. The summed E-state index contributed by atoms with van der Waals surface area (Å²) in [5.74, 6) is -1.35. The minimum absolute atomic E-state index is 0.354. The van der Waals surface area contributed by atoms with Gasteiger partial charge < -0.3 is 14.9 Å². The molecule has 0 amide bonds. The van der Waals surface area contributed by atoms with Gasteiger partial charge in [-0.2, -0.15) is 0 Å². The van der Waals surface area contributed by atoms with Gasteiger partial charge in [0.2, 0.25) is 0 Å².